The minimum absolute atomic E-state index is 0.0812. The van der Waals surface area contributed by atoms with E-state index in [0.717, 1.165) is 53.5 Å². The van der Waals surface area contributed by atoms with Crippen LogP contribution in [0.2, 0.25) is 0 Å². The van der Waals surface area contributed by atoms with Gasteiger partial charge in [0.15, 0.2) is 5.17 Å². The zero-order chi connectivity index (χ0) is 25.0. The molecule has 0 saturated carbocycles. The molecule has 3 aromatic carbocycles. The predicted molar refractivity (Wildman–Crippen MR) is 152 cm³/mol. The number of aromatic nitrogens is 1. The van der Waals surface area contributed by atoms with E-state index >= 15 is 0 Å². The Hall–Kier alpha value is -3.27. The third-order valence-corrected chi connectivity index (χ3v) is 9.36. The van der Waals surface area contributed by atoms with Gasteiger partial charge >= 0.3 is 0 Å². The van der Waals surface area contributed by atoms with Gasteiger partial charge in [0, 0.05) is 18.0 Å². The van der Waals surface area contributed by atoms with E-state index in [0.29, 0.717) is 10.1 Å². The molecule has 6 nitrogen and oxygen atoms in total. The molecule has 1 saturated heterocycles. The van der Waals surface area contributed by atoms with Crippen molar-refractivity contribution >= 4 is 73.2 Å². The molecule has 9 heteroatoms. The smallest absolute Gasteiger partial charge is 0.274 e. The van der Waals surface area contributed by atoms with Crippen LogP contribution in [0.4, 0.5) is 17.1 Å². The van der Waals surface area contributed by atoms with Crippen molar-refractivity contribution in [1.29, 1.82) is 0 Å². The topological polar surface area (TPSA) is 58.0 Å². The summed E-state index contributed by atoms with van der Waals surface area (Å²) in [5, 5.41) is 2.53. The molecule has 0 atom stereocenters. The summed E-state index contributed by atoms with van der Waals surface area (Å²) in [6, 6.07) is 19.9. The molecule has 0 bridgehead atoms. The zero-order valence-electron chi connectivity index (χ0n) is 20.1. The molecule has 0 N–H and O–H groups in total. The number of hydrogen-bond donors (Lipinski definition) is 0. The number of carbonyl (C=O) groups excluding carboxylic acids is 1. The molecule has 0 unspecified atom stereocenters. The number of amidine groups is 1. The van der Waals surface area contributed by atoms with Gasteiger partial charge in [0.1, 0.15) is 10.7 Å². The number of ether oxygens (including phenoxy) is 1. The molecule has 6 rings (SSSR count). The van der Waals surface area contributed by atoms with Gasteiger partial charge in [-0.3, -0.25) is 9.69 Å². The number of thioether (sulfide) groups is 2. The Balaban J connectivity index is 1.45. The average Bonchev–Trinajstić information content (AvgIpc) is 3.51. The van der Waals surface area contributed by atoms with Gasteiger partial charge in [-0.2, -0.15) is 0 Å². The number of amides is 1. The Morgan fingerprint density at radius 2 is 1.78 bits per heavy atom. The largest absolute Gasteiger partial charge is 0.497 e. The van der Waals surface area contributed by atoms with Gasteiger partial charge in [-0.25, -0.2) is 9.98 Å². The molecule has 0 radical (unpaired) electrons. The van der Waals surface area contributed by atoms with E-state index in [-0.39, 0.29) is 5.91 Å². The van der Waals surface area contributed by atoms with Crippen LogP contribution in [0.15, 0.2) is 80.5 Å². The Morgan fingerprint density at radius 3 is 2.56 bits per heavy atom. The molecule has 1 aromatic heterocycles. The number of thiazole rings is 1. The first kappa shape index (κ1) is 23.1. The Kier molecular flexibility index (Phi) is 5.78. The fourth-order valence-corrected chi connectivity index (χ4v) is 7.30. The quantitative estimate of drug-likeness (QED) is 0.263. The van der Waals surface area contributed by atoms with Crippen LogP contribution in [-0.4, -0.2) is 30.2 Å². The van der Waals surface area contributed by atoms with Crippen LogP contribution in [0, 0.1) is 13.8 Å². The molecule has 1 amide bonds. The van der Waals surface area contributed by atoms with Crippen molar-refractivity contribution in [3.8, 4) is 5.75 Å². The number of nitrogens with zero attached hydrogens (tertiary/aromatic N) is 4. The minimum atomic E-state index is -0.0812. The highest BCUT2D eigenvalue weighted by Crippen LogP contribution is 2.51. The van der Waals surface area contributed by atoms with Crippen LogP contribution in [0.1, 0.15) is 10.6 Å². The first-order valence-corrected chi connectivity index (χ1v) is 13.7. The summed E-state index contributed by atoms with van der Waals surface area (Å²) in [6.07, 6.45) is 0. The Morgan fingerprint density at radius 1 is 0.972 bits per heavy atom. The molecular formula is C27H22N4O2S3. The summed E-state index contributed by atoms with van der Waals surface area (Å²) in [4.78, 5) is 29.0. The molecular weight excluding hydrogens is 509 g/mol. The van der Waals surface area contributed by atoms with Crippen molar-refractivity contribution in [2.24, 2.45) is 4.99 Å². The van der Waals surface area contributed by atoms with Crippen molar-refractivity contribution < 1.29 is 9.53 Å². The second-order valence-corrected chi connectivity index (χ2v) is 11.7. The van der Waals surface area contributed by atoms with Crippen molar-refractivity contribution in [1.82, 2.24) is 4.98 Å². The third kappa shape index (κ3) is 3.97. The molecule has 36 heavy (non-hydrogen) atoms. The van der Waals surface area contributed by atoms with Gasteiger partial charge in [-0.1, -0.05) is 29.5 Å². The average molecular weight is 531 g/mol. The number of anilines is 2. The predicted octanol–water partition coefficient (Wildman–Crippen LogP) is 7.10. The Labute approximate surface area is 221 Å². The van der Waals surface area contributed by atoms with Gasteiger partial charge < -0.3 is 9.64 Å². The molecule has 2 aliphatic rings. The molecule has 1 fully saturated rings. The summed E-state index contributed by atoms with van der Waals surface area (Å²) in [6.45, 7) is 4.04. The Bertz CT molecular complexity index is 1590. The number of benzene rings is 3. The minimum Gasteiger partial charge on any atom is -0.497 e. The van der Waals surface area contributed by atoms with E-state index in [9.17, 15) is 4.79 Å². The second-order valence-electron chi connectivity index (χ2n) is 8.49. The molecule has 0 spiro atoms. The van der Waals surface area contributed by atoms with Crippen LogP contribution in [-0.2, 0) is 4.79 Å². The maximum Gasteiger partial charge on any atom is 0.274 e. The molecule has 180 valence electrons. The lowest BCUT2D eigenvalue weighted by Gasteiger charge is -2.17. The first-order chi connectivity index (χ1) is 17.4. The van der Waals surface area contributed by atoms with Crippen molar-refractivity contribution in [3.05, 3.63) is 81.2 Å². The summed E-state index contributed by atoms with van der Waals surface area (Å²) in [5.41, 5.74) is 4.64. The number of methoxy groups -OCH3 is 1. The van der Waals surface area contributed by atoms with Gasteiger partial charge in [0.2, 0.25) is 0 Å². The van der Waals surface area contributed by atoms with E-state index in [1.807, 2.05) is 81.6 Å². The van der Waals surface area contributed by atoms with Crippen LogP contribution >= 0.6 is 34.9 Å². The number of aryl methyl sites for hydroxylation is 2. The van der Waals surface area contributed by atoms with Crippen molar-refractivity contribution in [2.75, 3.05) is 24.0 Å². The van der Waals surface area contributed by atoms with E-state index in [1.165, 1.54) is 11.8 Å². The van der Waals surface area contributed by atoms with Crippen LogP contribution in [0.5, 0.6) is 5.75 Å². The van der Waals surface area contributed by atoms with Crippen molar-refractivity contribution in [3.63, 3.8) is 0 Å². The lowest BCUT2D eigenvalue weighted by molar-refractivity contribution is -0.113. The summed E-state index contributed by atoms with van der Waals surface area (Å²) in [5.74, 6) is 0.705. The van der Waals surface area contributed by atoms with E-state index in [4.69, 9.17) is 9.73 Å². The molecule has 2 aliphatic heterocycles. The fraction of sp³-hybridized carbons (Fsp3) is 0.148. The lowest BCUT2D eigenvalue weighted by atomic mass is 10.2. The zero-order valence-corrected chi connectivity index (χ0v) is 22.6. The monoisotopic (exact) mass is 530 g/mol. The number of rotatable bonds is 3. The van der Waals surface area contributed by atoms with Gasteiger partial charge in [-0.05, 0) is 68.1 Å². The summed E-state index contributed by atoms with van der Waals surface area (Å²) < 4.78 is 6.54. The van der Waals surface area contributed by atoms with Crippen LogP contribution in [0.25, 0.3) is 10.2 Å². The molecule has 0 aliphatic carbocycles. The maximum absolute atomic E-state index is 13.9. The highest BCUT2D eigenvalue weighted by Gasteiger charge is 2.40. The summed E-state index contributed by atoms with van der Waals surface area (Å²) >= 11 is 4.67. The molecule has 3 heterocycles. The number of fused-ring (bicyclic) bond motifs is 2. The lowest BCUT2D eigenvalue weighted by Crippen LogP contribution is -2.29. The number of carbonyl (C=O) groups is 1. The second kappa shape index (κ2) is 8.99. The van der Waals surface area contributed by atoms with Crippen molar-refractivity contribution in [2.45, 2.75) is 18.7 Å². The maximum atomic E-state index is 13.9. The highest BCUT2D eigenvalue weighted by atomic mass is 32.2. The third-order valence-electron chi connectivity index (χ3n) is 6.01. The number of aliphatic imine (C=N–C) groups is 1. The van der Waals surface area contributed by atoms with Crippen LogP contribution < -0.4 is 14.5 Å². The van der Waals surface area contributed by atoms with E-state index < -0.39 is 0 Å². The fourth-order valence-electron chi connectivity index (χ4n) is 4.16. The van der Waals surface area contributed by atoms with Gasteiger partial charge in [0.05, 0.1) is 44.4 Å². The van der Waals surface area contributed by atoms with E-state index in [2.05, 4.69) is 9.88 Å². The van der Waals surface area contributed by atoms with E-state index in [1.54, 1.807) is 35.1 Å². The van der Waals surface area contributed by atoms with Gasteiger partial charge in [-0.15, -0.1) is 11.3 Å². The number of hydrogen-bond acceptors (Lipinski definition) is 8. The van der Waals surface area contributed by atoms with Gasteiger partial charge in [0.25, 0.3) is 5.91 Å². The SMILES string of the molecule is COc1ccc2c(c1)N(C)/C(=C1/SC(=Nc3ccc4sc(C)nc4c3)N(c3ccc(C)cc3)C1=O)S2. The molecule has 4 aromatic rings. The summed E-state index contributed by atoms with van der Waals surface area (Å²) in [7, 11) is 3.64. The highest BCUT2D eigenvalue weighted by molar-refractivity contribution is 8.20. The first-order valence-electron chi connectivity index (χ1n) is 11.3. The van der Waals surface area contributed by atoms with Crippen LogP contribution in [0.3, 0.4) is 0 Å². The normalized spacial score (nSPS) is 18.6. The standard InChI is InChI=1S/C27H22N4O2S3/c1-15-5-8-18(9-6-15)31-25(32)24(26-30(3)21-14-19(33-4)10-12-23(21)35-26)36-27(31)29-17-7-11-22-20(13-17)28-16(2)34-22/h5-14H,1-4H3/b26-24-,29-27?.